The summed E-state index contributed by atoms with van der Waals surface area (Å²) in [6.07, 6.45) is 0. The molecule has 0 aliphatic carbocycles. The Morgan fingerprint density at radius 1 is 1.67 bits per heavy atom. The van der Waals surface area contributed by atoms with Crippen LogP contribution in [0.1, 0.15) is 5.56 Å². The highest BCUT2D eigenvalue weighted by atomic mass is 35.5. The highest BCUT2D eigenvalue weighted by Gasteiger charge is 2.02. The van der Waals surface area contributed by atoms with Gasteiger partial charge < -0.3 is 10.6 Å². The predicted octanol–water partition coefficient (Wildman–Crippen LogP) is 0.765. The van der Waals surface area contributed by atoms with Gasteiger partial charge in [-0.15, -0.1) is 0 Å². The first-order valence-electron chi connectivity index (χ1n) is 4.18. The fourth-order valence-corrected chi connectivity index (χ4v) is 1.12. The molecule has 5 nitrogen and oxygen atoms in total. The Hall–Kier alpha value is -1.80. The number of nitrogens with zero attached hydrogens (tertiary/aromatic N) is 2. The zero-order valence-corrected chi connectivity index (χ0v) is 8.80. The van der Waals surface area contributed by atoms with Crippen molar-refractivity contribution in [3.05, 3.63) is 22.8 Å². The summed E-state index contributed by atoms with van der Waals surface area (Å²) < 4.78 is 0. The van der Waals surface area contributed by atoms with Crippen LogP contribution in [0.3, 0.4) is 0 Å². The number of carbonyl (C=O) groups excluding carboxylic acids is 1. The number of likely N-dealkylation sites (N-methyl/N-ethyl adjacent to an activating group) is 1. The molecule has 0 saturated heterocycles. The number of pyridine rings is 1. The topological polar surface area (TPSA) is 77.8 Å². The molecule has 0 aliphatic heterocycles. The van der Waals surface area contributed by atoms with Gasteiger partial charge in [0, 0.05) is 7.05 Å². The van der Waals surface area contributed by atoms with E-state index in [9.17, 15) is 4.79 Å². The van der Waals surface area contributed by atoms with E-state index in [-0.39, 0.29) is 17.6 Å². The molecule has 2 N–H and O–H groups in total. The molecule has 1 heterocycles. The van der Waals surface area contributed by atoms with Crippen molar-refractivity contribution in [2.45, 2.75) is 0 Å². The molecule has 0 radical (unpaired) electrons. The third-order valence-corrected chi connectivity index (χ3v) is 1.83. The van der Waals surface area contributed by atoms with Crippen LogP contribution in [0, 0.1) is 11.3 Å². The second-order valence-electron chi connectivity index (χ2n) is 2.70. The minimum atomic E-state index is -0.171. The van der Waals surface area contributed by atoms with Crippen LogP contribution >= 0.6 is 11.6 Å². The molecule has 6 heteroatoms. The van der Waals surface area contributed by atoms with Crippen LogP contribution in [-0.4, -0.2) is 24.5 Å². The zero-order chi connectivity index (χ0) is 11.3. The lowest BCUT2D eigenvalue weighted by Gasteiger charge is -2.04. The molecule has 0 saturated carbocycles. The fourth-order valence-electron chi connectivity index (χ4n) is 0.911. The fraction of sp³-hybridized carbons (Fsp3) is 0.222. The number of halogens is 1. The maximum Gasteiger partial charge on any atom is 0.239 e. The number of hydrogen-bond acceptors (Lipinski definition) is 4. The van der Waals surface area contributed by atoms with Crippen molar-refractivity contribution < 1.29 is 4.79 Å². The van der Waals surface area contributed by atoms with E-state index >= 15 is 0 Å². The number of aromatic nitrogens is 1. The molecule has 0 aromatic carbocycles. The van der Waals surface area contributed by atoms with E-state index in [2.05, 4.69) is 15.6 Å². The van der Waals surface area contributed by atoms with Gasteiger partial charge in [-0.3, -0.25) is 4.79 Å². The first-order chi connectivity index (χ1) is 7.15. The van der Waals surface area contributed by atoms with Crippen LogP contribution in [0.2, 0.25) is 5.15 Å². The smallest absolute Gasteiger partial charge is 0.239 e. The van der Waals surface area contributed by atoms with Gasteiger partial charge in [-0.05, 0) is 12.1 Å². The van der Waals surface area contributed by atoms with Crippen molar-refractivity contribution in [2.24, 2.45) is 0 Å². The lowest BCUT2D eigenvalue weighted by molar-refractivity contribution is -0.118. The quantitative estimate of drug-likeness (QED) is 0.744. The number of hydrogen-bond donors (Lipinski definition) is 2. The predicted molar refractivity (Wildman–Crippen MR) is 56.5 cm³/mol. The summed E-state index contributed by atoms with van der Waals surface area (Å²) in [5, 5.41) is 14.1. The summed E-state index contributed by atoms with van der Waals surface area (Å²) in [5.41, 5.74) is 0.398. The van der Waals surface area contributed by atoms with Gasteiger partial charge in [0.1, 0.15) is 11.0 Å². The molecular formula is C9H9ClN4O. The van der Waals surface area contributed by atoms with Gasteiger partial charge >= 0.3 is 0 Å². The minimum absolute atomic E-state index is 0.0920. The van der Waals surface area contributed by atoms with Crippen LogP contribution in [0.4, 0.5) is 5.82 Å². The SMILES string of the molecule is CNC(=O)CNc1cc(C#N)cc(Cl)n1. The summed E-state index contributed by atoms with van der Waals surface area (Å²) in [5.74, 6) is 0.234. The standard InChI is InChI=1S/C9H9ClN4O/c1-12-9(15)5-13-8-3-6(4-11)2-7(10)14-8/h2-3H,5H2,1H3,(H,12,15)(H,13,14). The van der Waals surface area contributed by atoms with Crippen molar-refractivity contribution in [1.29, 1.82) is 5.26 Å². The number of carbonyl (C=O) groups is 1. The normalized spacial score (nSPS) is 9.13. The number of anilines is 1. The summed E-state index contributed by atoms with van der Waals surface area (Å²) in [6, 6.07) is 4.92. The van der Waals surface area contributed by atoms with Gasteiger partial charge in [-0.1, -0.05) is 11.6 Å². The number of amides is 1. The van der Waals surface area contributed by atoms with E-state index in [1.807, 2.05) is 6.07 Å². The van der Waals surface area contributed by atoms with E-state index in [4.69, 9.17) is 16.9 Å². The van der Waals surface area contributed by atoms with Crippen molar-refractivity contribution in [3.8, 4) is 6.07 Å². The zero-order valence-electron chi connectivity index (χ0n) is 8.04. The van der Waals surface area contributed by atoms with Gasteiger partial charge in [0.25, 0.3) is 0 Å². The van der Waals surface area contributed by atoms with Crippen molar-refractivity contribution >= 4 is 23.3 Å². The summed E-state index contributed by atoms with van der Waals surface area (Å²) in [4.78, 5) is 14.8. The lowest BCUT2D eigenvalue weighted by Crippen LogP contribution is -2.26. The molecule has 0 spiro atoms. The molecule has 0 aliphatic rings. The Morgan fingerprint density at radius 2 is 2.40 bits per heavy atom. The second kappa shape index (κ2) is 5.17. The summed E-state index contributed by atoms with van der Waals surface area (Å²) >= 11 is 5.68. The average molecular weight is 225 g/mol. The maximum atomic E-state index is 10.9. The van der Waals surface area contributed by atoms with Crippen molar-refractivity contribution in [3.63, 3.8) is 0 Å². The molecule has 1 aromatic heterocycles. The molecule has 15 heavy (non-hydrogen) atoms. The third-order valence-electron chi connectivity index (χ3n) is 1.63. The van der Waals surface area contributed by atoms with E-state index < -0.39 is 0 Å². The molecule has 0 atom stereocenters. The van der Waals surface area contributed by atoms with E-state index in [1.165, 1.54) is 19.2 Å². The molecule has 0 unspecified atom stereocenters. The van der Waals surface area contributed by atoms with Gasteiger partial charge in [0.2, 0.25) is 5.91 Å². The average Bonchev–Trinajstić information content (AvgIpc) is 2.25. The highest BCUT2D eigenvalue weighted by molar-refractivity contribution is 6.29. The van der Waals surface area contributed by atoms with Crippen LogP contribution < -0.4 is 10.6 Å². The molecule has 1 amide bonds. The Labute approximate surface area is 92.1 Å². The van der Waals surface area contributed by atoms with Gasteiger partial charge in [-0.2, -0.15) is 5.26 Å². The van der Waals surface area contributed by atoms with Crippen molar-refractivity contribution in [1.82, 2.24) is 10.3 Å². The first kappa shape index (κ1) is 11.3. The molecule has 0 fully saturated rings. The van der Waals surface area contributed by atoms with Crippen molar-refractivity contribution in [2.75, 3.05) is 18.9 Å². The second-order valence-corrected chi connectivity index (χ2v) is 3.09. The van der Waals surface area contributed by atoms with E-state index in [0.29, 0.717) is 11.4 Å². The van der Waals surface area contributed by atoms with Crippen LogP contribution in [0.25, 0.3) is 0 Å². The number of rotatable bonds is 3. The number of nitriles is 1. The minimum Gasteiger partial charge on any atom is -0.361 e. The Morgan fingerprint density at radius 3 is 3.00 bits per heavy atom. The summed E-state index contributed by atoms with van der Waals surface area (Å²) in [6.45, 7) is 0.0920. The molecule has 1 aromatic rings. The van der Waals surface area contributed by atoms with Gasteiger partial charge in [-0.25, -0.2) is 4.98 Å². The van der Waals surface area contributed by atoms with Crippen LogP contribution in [0.15, 0.2) is 12.1 Å². The van der Waals surface area contributed by atoms with Gasteiger partial charge in [0.05, 0.1) is 18.2 Å². The monoisotopic (exact) mass is 224 g/mol. The molecular weight excluding hydrogens is 216 g/mol. The Balaban J connectivity index is 2.74. The highest BCUT2D eigenvalue weighted by Crippen LogP contribution is 2.13. The molecule has 1 rings (SSSR count). The lowest BCUT2D eigenvalue weighted by atomic mass is 10.3. The largest absolute Gasteiger partial charge is 0.361 e. The Bertz CT molecular complexity index is 413. The van der Waals surface area contributed by atoms with Crippen LogP contribution in [0.5, 0.6) is 0 Å². The molecule has 0 bridgehead atoms. The number of nitrogens with one attached hydrogen (secondary N) is 2. The van der Waals surface area contributed by atoms with E-state index in [1.54, 1.807) is 0 Å². The first-order valence-corrected chi connectivity index (χ1v) is 4.55. The third kappa shape index (κ3) is 3.44. The van der Waals surface area contributed by atoms with E-state index in [0.717, 1.165) is 0 Å². The summed E-state index contributed by atoms with van der Waals surface area (Å²) in [7, 11) is 1.54. The Kier molecular flexibility index (Phi) is 3.89. The van der Waals surface area contributed by atoms with Crippen LogP contribution in [-0.2, 0) is 4.79 Å². The molecule has 78 valence electrons. The maximum absolute atomic E-state index is 10.9. The van der Waals surface area contributed by atoms with Gasteiger partial charge in [0.15, 0.2) is 0 Å².